The number of ether oxygens (including phenoxy) is 1. The summed E-state index contributed by atoms with van der Waals surface area (Å²) in [5, 5.41) is 0. The summed E-state index contributed by atoms with van der Waals surface area (Å²) in [6.45, 7) is 1.48. The molecule has 0 N–H and O–H groups in total. The van der Waals surface area contributed by atoms with Crippen LogP contribution in [0.25, 0.3) is 0 Å². The molecule has 0 amide bonds. The fourth-order valence-electron chi connectivity index (χ4n) is 1.42. The summed E-state index contributed by atoms with van der Waals surface area (Å²) in [5.74, 6) is -0.132. The Hall–Kier alpha value is -0.240. The highest BCUT2D eigenvalue weighted by atomic mass is 35.5. The van der Waals surface area contributed by atoms with Gasteiger partial charge in [0.25, 0.3) is 0 Å². The lowest BCUT2D eigenvalue weighted by Gasteiger charge is -2.20. The number of rotatable bonds is 1. The lowest BCUT2D eigenvalue weighted by molar-refractivity contribution is -0.147. The van der Waals surface area contributed by atoms with Crippen LogP contribution >= 0.6 is 12.4 Å². The van der Waals surface area contributed by atoms with Gasteiger partial charge in [0.1, 0.15) is 6.10 Å². The van der Waals surface area contributed by atoms with E-state index in [-0.39, 0.29) is 24.5 Å². The molecule has 0 aliphatic heterocycles. The normalized spacial score (nSPS) is 18.6. The number of halogens is 1. The van der Waals surface area contributed by atoms with Gasteiger partial charge >= 0.3 is 5.97 Å². The van der Waals surface area contributed by atoms with E-state index in [1.54, 1.807) is 0 Å². The Kier molecular flexibility index (Phi) is 5.30. The molecule has 0 saturated heterocycles. The van der Waals surface area contributed by atoms with Gasteiger partial charge < -0.3 is 4.74 Å². The molecule has 0 radical (unpaired) electrons. The molecular weight excluding hydrogens is 164 g/mol. The minimum absolute atomic E-state index is 0. The van der Waals surface area contributed by atoms with E-state index in [1.165, 1.54) is 26.2 Å². The van der Waals surface area contributed by atoms with Crippen LogP contribution in [0.2, 0.25) is 0 Å². The molecular formula is C8H15ClO2. The first-order chi connectivity index (χ1) is 4.79. The molecule has 66 valence electrons. The van der Waals surface area contributed by atoms with Gasteiger partial charge in [-0.1, -0.05) is 6.42 Å². The molecule has 1 fully saturated rings. The zero-order valence-corrected chi connectivity index (χ0v) is 7.65. The van der Waals surface area contributed by atoms with Gasteiger partial charge in [0, 0.05) is 6.92 Å². The van der Waals surface area contributed by atoms with E-state index >= 15 is 0 Å². The largest absolute Gasteiger partial charge is 0.463 e. The molecule has 0 aromatic heterocycles. The lowest BCUT2D eigenvalue weighted by Crippen LogP contribution is -2.18. The number of carbonyl (C=O) groups is 1. The van der Waals surface area contributed by atoms with Gasteiger partial charge in [-0.05, 0) is 25.7 Å². The molecule has 1 rings (SSSR count). The summed E-state index contributed by atoms with van der Waals surface area (Å²) < 4.78 is 5.05. The maximum atomic E-state index is 10.5. The maximum Gasteiger partial charge on any atom is 0.302 e. The van der Waals surface area contributed by atoms with E-state index in [9.17, 15) is 4.79 Å². The lowest BCUT2D eigenvalue weighted by atomic mass is 9.98. The predicted molar refractivity (Wildman–Crippen MR) is 45.9 cm³/mol. The van der Waals surface area contributed by atoms with Gasteiger partial charge in [0.2, 0.25) is 0 Å². The van der Waals surface area contributed by atoms with E-state index in [0.717, 1.165) is 12.8 Å². The summed E-state index contributed by atoms with van der Waals surface area (Å²) in [6.07, 6.45) is 6.11. The molecule has 0 heterocycles. The summed E-state index contributed by atoms with van der Waals surface area (Å²) in [7, 11) is 0. The molecule has 1 aliphatic rings. The van der Waals surface area contributed by atoms with Gasteiger partial charge in [-0.25, -0.2) is 0 Å². The standard InChI is InChI=1S/C8H14O2.ClH/c1-7(9)10-8-5-3-2-4-6-8;/h8H,2-6H2,1H3;1H. The maximum absolute atomic E-state index is 10.5. The van der Waals surface area contributed by atoms with Crippen LogP contribution in [0.15, 0.2) is 0 Å². The topological polar surface area (TPSA) is 26.3 Å². The van der Waals surface area contributed by atoms with Crippen LogP contribution in [-0.4, -0.2) is 12.1 Å². The zero-order chi connectivity index (χ0) is 7.40. The van der Waals surface area contributed by atoms with E-state index in [1.807, 2.05) is 0 Å². The Balaban J connectivity index is 0.000001000. The number of carbonyl (C=O) groups excluding carboxylic acids is 1. The van der Waals surface area contributed by atoms with Crippen LogP contribution in [0, 0.1) is 0 Å². The quantitative estimate of drug-likeness (QED) is 0.576. The molecule has 0 atom stereocenters. The minimum Gasteiger partial charge on any atom is -0.463 e. The molecule has 0 bridgehead atoms. The second-order valence-corrected chi connectivity index (χ2v) is 2.87. The van der Waals surface area contributed by atoms with Crippen LogP contribution in [0.1, 0.15) is 39.0 Å². The van der Waals surface area contributed by atoms with Crippen molar-refractivity contribution < 1.29 is 9.53 Å². The van der Waals surface area contributed by atoms with Crippen LogP contribution in [0.5, 0.6) is 0 Å². The molecule has 1 aliphatic carbocycles. The van der Waals surface area contributed by atoms with Gasteiger partial charge in [-0.2, -0.15) is 0 Å². The van der Waals surface area contributed by atoms with Crippen LogP contribution < -0.4 is 0 Å². The SMILES string of the molecule is CC(=O)OC1CCCCC1.Cl. The van der Waals surface area contributed by atoms with Gasteiger partial charge in [-0.3, -0.25) is 4.79 Å². The smallest absolute Gasteiger partial charge is 0.302 e. The Morgan fingerprint density at radius 2 is 1.82 bits per heavy atom. The van der Waals surface area contributed by atoms with Crippen molar-refractivity contribution in [2.75, 3.05) is 0 Å². The summed E-state index contributed by atoms with van der Waals surface area (Å²) >= 11 is 0. The van der Waals surface area contributed by atoms with Crippen molar-refractivity contribution >= 4 is 18.4 Å². The molecule has 2 nitrogen and oxygen atoms in total. The number of esters is 1. The Bertz CT molecular complexity index is 119. The fourth-order valence-corrected chi connectivity index (χ4v) is 1.42. The van der Waals surface area contributed by atoms with E-state index < -0.39 is 0 Å². The van der Waals surface area contributed by atoms with Gasteiger partial charge in [0.15, 0.2) is 0 Å². The molecule has 11 heavy (non-hydrogen) atoms. The van der Waals surface area contributed by atoms with Crippen molar-refractivity contribution in [2.24, 2.45) is 0 Å². The molecule has 0 spiro atoms. The van der Waals surface area contributed by atoms with Gasteiger partial charge in [0.05, 0.1) is 0 Å². The molecule has 0 aromatic rings. The van der Waals surface area contributed by atoms with Crippen LogP contribution in [0.4, 0.5) is 0 Å². The molecule has 3 heteroatoms. The third kappa shape index (κ3) is 4.25. The van der Waals surface area contributed by atoms with Crippen molar-refractivity contribution in [1.82, 2.24) is 0 Å². The number of hydrogen-bond acceptors (Lipinski definition) is 2. The van der Waals surface area contributed by atoms with Crippen molar-refractivity contribution in [3.63, 3.8) is 0 Å². The van der Waals surface area contributed by atoms with Crippen LogP contribution in [0.3, 0.4) is 0 Å². The average Bonchev–Trinajstić information content (AvgIpc) is 1.88. The van der Waals surface area contributed by atoms with Crippen molar-refractivity contribution in [3.8, 4) is 0 Å². The van der Waals surface area contributed by atoms with Gasteiger partial charge in [-0.15, -0.1) is 12.4 Å². The van der Waals surface area contributed by atoms with E-state index in [0.29, 0.717) is 0 Å². The third-order valence-electron chi connectivity index (χ3n) is 1.88. The number of hydrogen-bond donors (Lipinski definition) is 0. The van der Waals surface area contributed by atoms with Crippen LogP contribution in [-0.2, 0) is 9.53 Å². The zero-order valence-electron chi connectivity index (χ0n) is 6.84. The van der Waals surface area contributed by atoms with Crippen molar-refractivity contribution in [1.29, 1.82) is 0 Å². The summed E-state index contributed by atoms with van der Waals surface area (Å²) in [4.78, 5) is 10.5. The summed E-state index contributed by atoms with van der Waals surface area (Å²) in [6, 6.07) is 0. The predicted octanol–water partition coefficient (Wildman–Crippen LogP) is 2.30. The van der Waals surface area contributed by atoms with Crippen molar-refractivity contribution in [3.05, 3.63) is 0 Å². The monoisotopic (exact) mass is 178 g/mol. The minimum atomic E-state index is -0.132. The molecule has 1 saturated carbocycles. The van der Waals surface area contributed by atoms with Crippen molar-refractivity contribution in [2.45, 2.75) is 45.1 Å². The Labute approximate surface area is 73.7 Å². The fraction of sp³-hybridized carbons (Fsp3) is 0.875. The summed E-state index contributed by atoms with van der Waals surface area (Å²) in [5.41, 5.74) is 0. The highest BCUT2D eigenvalue weighted by Crippen LogP contribution is 2.19. The van der Waals surface area contributed by atoms with E-state index in [4.69, 9.17) is 4.74 Å². The highest BCUT2D eigenvalue weighted by Gasteiger charge is 2.14. The third-order valence-corrected chi connectivity index (χ3v) is 1.88. The first kappa shape index (κ1) is 10.8. The Morgan fingerprint density at radius 3 is 2.27 bits per heavy atom. The highest BCUT2D eigenvalue weighted by molar-refractivity contribution is 5.85. The molecule has 0 unspecified atom stereocenters. The first-order valence-electron chi connectivity index (χ1n) is 3.96. The molecule has 0 aromatic carbocycles. The average molecular weight is 179 g/mol. The second kappa shape index (κ2) is 5.42. The Morgan fingerprint density at radius 1 is 1.27 bits per heavy atom. The second-order valence-electron chi connectivity index (χ2n) is 2.87. The van der Waals surface area contributed by atoms with E-state index in [2.05, 4.69) is 0 Å². The first-order valence-corrected chi connectivity index (χ1v) is 3.96.